The van der Waals surface area contributed by atoms with Crippen molar-refractivity contribution < 1.29 is 4.79 Å². The third kappa shape index (κ3) is 1.78. The van der Waals surface area contributed by atoms with Crippen LogP contribution in [0.4, 0.5) is 0 Å². The average Bonchev–Trinajstić information content (AvgIpc) is 2.41. The van der Waals surface area contributed by atoms with E-state index in [0.717, 1.165) is 0 Å². The van der Waals surface area contributed by atoms with Crippen molar-refractivity contribution in [2.24, 2.45) is 11.7 Å². The largest absolute Gasteiger partial charge is 0.366 e. The molecule has 0 atom stereocenters. The van der Waals surface area contributed by atoms with E-state index in [4.69, 9.17) is 5.73 Å². The quantitative estimate of drug-likeness (QED) is 0.516. The highest BCUT2D eigenvalue weighted by Gasteiger charge is 2.16. The number of carbonyl (C=O) groups excluding carboxylic acids is 1. The van der Waals surface area contributed by atoms with Crippen LogP contribution in [0.2, 0.25) is 0 Å². The van der Waals surface area contributed by atoms with E-state index < -0.39 is 0 Å². The molecule has 1 fully saturated rings. The van der Waals surface area contributed by atoms with Gasteiger partial charge in [-0.25, -0.2) is 0 Å². The topological polar surface area (TPSA) is 43.1 Å². The first kappa shape index (κ1) is 5.35. The smallest absolute Gasteiger partial charge is 0.241 e. The number of nitrogens with two attached hydrogens (primary N) is 1. The molecule has 2 heteroatoms. The van der Waals surface area contributed by atoms with Crippen LogP contribution >= 0.6 is 0 Å². The Morgan fingerprint density at radius 1 is 1.62 bits per heavy atom. The predicted octanol–water partition coefficient (Wildman–Crippen LogP) is 0.438. The highest BCUT2D eigenvalue weighted by molar-refractivity contribution is 5.85. The lowest BCUT2D eigenvalue weighted by Gasteiger charge is -1.76. The van der Waals surface area contributed by atoms with E-state index in [1.54, 1.807) is 0 Å². The Balaban J connectivity index is 2.23. The first-order chi connectivity index (χ1) is 3.79. The molecule has 0 aromatic heterocycles. The molecule has 0 unspecified atom stereocenters. The number of hydrogen-bond donors (Lipinski definition) is 1. The minimum atomic E-state index is -0.336. The molecule has 0 saturated heterocycles. The van der Waals surface area contributed by atoms with Gasteiger partial charge in [-0.15, -0.1) is 0 Å². The van der Waals surface area contributed by atoms with Crippen molar-refractivity contribution in [2.45, 2.75) is 12.8 Å². The van der Waals surface area contributed by atoms with Crippen molar-refractivity contribution in [3.05, 3.63) is 12.2 Å². The molecule has 1 saturated carbocycles. The maximum absolute atomic E-state index is 10.1. The van der Waals surface area contributed by atoms with Gasteiger partial charge in [0.25, 0.3) is 0 Å². The van der Waals surface area contributed by atoms with Crippen LogP contribution in [0.5, 0.6) is 0 Å². The second-order valence-corrected chi connectivity index (χ2v) is 2.10. The van der Waals surface area contributed by atoms with Gasteiger partial charge in [0.15, 0.2) is 0 Å². The zero-order valence-corrected chi connectivity index (χ0v) is 4.63. The molecular weight excluding hydrogens is 102 g/mol. The Bertz CT molecular complexity index is 124. The summed E-state index contributed by atoms with van der Waals surface area (Å²) >= 11 is 0. The van der Waals surface area contributed by atoms with Crippen LogP contribution in [0, 0.1) is 5.92 Å². The minimum absolute atomic E-state index is 0.336. The van der Waals surface area contributed by atoms with Crippen LogP contribution in [0.25, 0.3) is 0 Å². The highest BCUT2D eigenvalue weighted by atomic mass is 16.1. The van der Waals surface area contributed by atoms with Crippen LogP contribution in [0.15, 0.2) is 12.2 Å². The van der Waals surface area contributed by atoms with E-state index in [-0.39, 0.29) is 5.91 Å². The summed E-state index contributed by atoms with van der Waals surface area (Å²) in [7, 11) is 0. The molecule has 1 aliphatic carbocycles. The van der Waals surface area contributed by atoms with Gasteiger partial charge in [0.05, 0.1) is 0 Å². The predicted molar refractivity (Wildman–Crippen MR) is 31.1 cm³/mol. The molecule has 0 aromatic carbocycles. The minimum Gasteiger partial charge on any atom is -0.366 e. The normalized spacial score (nSPS) is 19.5. The summed E-state index contributed by atoms with van der Waals surface area (Å²) in [6.07, 6.45) is 5.77. The Hall–Kier alpha value is -0.790. The number of amides is 1. The fraction of sp³-hybridized carbons (Fsp3) is 0.500. The van der Waals surface area contributed by atoms with Gasteiger partial charge in [-0.1, -0.05) is 6.08 Å². The fourth-order valence-electron chi connectivity index (χ4n) is 0.520. The van der Waals surface area contributed by atoms with E-state index in [2.05, 4.69) is 0 Å². The lowest BCUT2D eigenvalue weighted by atomic mass is 10.4. The standard InChI is InChI=1S/C6H9NO/c7-6(8)4-3-5-1-2-5/h3-5H,1-2H2,(H2,7,8)/b4-3+. The zero-order chi connectivity index (χ0) is 5.98. The Kier molecular flexibility index (Phi) is 1.33. The van der Waals surface area contributed by atoms with Gasteiger partial charge in [-0.2, -0.15) is 0 Å². The molecule has 0 heterocycles. The van der Waals surface area contributed by atoms with E-state index in [0.29, 0.717) is 5.92 Å². The molecule has 0 spiro atoms. The van der Waals surface area contributed by atoms with Crippen LogP contribution in [0.1, 0.15) is 12.8 Å². The number of allylic oxidation sites excluding steroid dienone is 1. The summed E-state index contributed by atoms with van der Waals surface area (Å²) in [5, 5.41) is 0. The Labute approximate surface area is 48.4 Å². The van der Waals surface area contributed by atoms with Crippen LogP contribution in [-0.4, -0.2) is 5.91 Å². The van der Waals surface area contributed by atoms with Crippen molar-refractivity contribution in [1.82, 2.24) is 0 Å². The summed E-state index contributed by atoms with van der Waals surface area (Å²) in [6, 6.07) is 0. The molecule has 2 N–H and O–H groups in total. The zero-order valence-electron chi connectivity index (χ0n) is 4.63. The average molecular weight is 111 g/mol. The number of hydrogen-bond acceptors (Lipinski definition) is 1. The van der Waals surface area contributed by atoms with Gasteiger partial charge in [-0.3, -0.25) is 4.79 Å². The maximum Gasteiger partial charge on any atom is 0.241 e. The third-order valence-electron chi connectivity index (χ3n) is 1.15. The second kappa shape index (κ2) is 1.99. The summed E-state index contributed by atoms with van der Waals surface area (Å²) in [5.41, 5.74) is 4.84. The van der Waals surface area contributed by atoms with Crippen molar-refractivity contribution in [1.29, 1.82) is 0 Å². The lowest BCUT2D eigenvalue weighted by molar-refractivity contribution is -0.113. The molecule has 1 rings (SSSR count). The van der Waals surface area contributed by atoms with Crippen molar-refractivity contribution >= 4 is 5.91 Å². The van der Waals surface area contributed by atoms with E-state index in [1.165, 1.54) is 18.9 Å². The molecular formula is C6H9NO. The van der Waals surface area contributed by atoms with Crippen LogP contribution in [0.3, 0.4) is 0 Å². The van der Waals surface area contributed by atoms with Gasteiger partial charge in [0, 0.05) is 0 Å². The Morgan fingerprint density at radius 3 is 2.62 bits per heavy atom. The fourth-order valence-corrected chi connectivity index (χ4v) is 0.520. The van der Waals surface area contributed by atoms with Gasteiger partial charge in [0.2, 0.25) is 5.91 Å². The first-order valence-electron chi connectivity index (χ1n) is 2.76. The van der Waals surface area contributed by atoms with Crippen LogP contribution < -0.4 is 5.73 Å². The van der Waals surface area contributed by atoms with Crippen LogP contribution in [-0.2, 0) is 4.79 Å². The molecule has 1 amide bonds. The van der Waals surface area contributed by atoms with Gasteiger partial charge >= 0.3 is 0 Å². The van der Waals surface area contributed by atoms with Gasteiger partial charge in [-0.05, 0) is 24.8 Å². The number of rotatable bonds is 2. The highest BCUT2D eigenvalue weighted by Crippen LogP contribution is 2.29. The summed E-state index contributed by atoms with van der Waals surface area (Å²) in [4.78, 5) is 10.1. The molecule has 1 aliphatic rings. The number of primary amides is 1. The summed E-state index contributed by atoms with van der Waals surface area (Å²) < 4.78 is 0. The third-order valence-corrected chi connectivity index (χ3v) is 1.15. The second-order valence-electron chi connectivity index (χ2n) is 2.10. The molecule has 8 heavy (non-hydrogen) atoms. The maximum atomic E-state index is 10.1. The molecule has 2 nitrogen and oxygen atoms in total. The molecule has 0 radical (unpaired) electrons. The van der Waals surface area contributed by atoms with E-state index in [9.17, 15) is 4.79 Å². The van der Waals surface area contributed by atoms with Crippen molar-refractivity contribution in [3.63, 3.8) is 0 Å². The summed E-state index contributed by atoms with van der Waals surface area (Å²) in [6.45, 7) is 0. The molecule has 0 aliphatic heterocycles. The monoisotopic (exact) mass is 111 g/mol. The van der Waals surface area contributed by atoms with Gasteiger partial charge in [0.1, 0.15) is 0 Å². The SMILES string of the molecule is NC(=O)/C=C/C1CC1. The molecule has 0 aromatic rings. The molecule has 44 valence electrons. The first-order valence-corrected chi connectivity index (χ1v) is 2.76. The lowest BCUT2D eigenvalue weighted by Crippen LogP contribution is -2.05. The van der Waals surface area contributed by atoms with Crippen molar-refractivity contribution in [3.8, 4) is 0 Å². The summed E-state index contributed by atoms with van der Waals surface area (Å²) in [5.74, 6) is 0.319. The van der Waals surface area contributed by atoms with Gasteiger partial charge < -0.3 is 5.73 Å². The van der Waals surface area contributed by atoms with E-state index >= 15 is 0 Å². The van der Waals surface area contributed by atoms with E-state index in [1.807, 2.05) is 6.08 Å². The van der Waals surface area contributed by atoms with Crippen molar-refractivity contribution in [2.75, 3.05) is 0 Å². The number of carbonyl (C=O) groups is 1. The molecule has 0 bridgehead atoms. The Morgan fingerprint density at radius 2 is 2.25 bits per heavy atom.